The van der Waals surface area contributed by atoms with Crippen molar-refractivity contribution in [2.24, 2.45) is 0 Å². The molecule has 0 amide bonds. The fraction of sp³-hybridized carbons (Fsp3) is 0.873. The Hall–Kier alpha value is -2.72. The van der Waals surface area contributed by atoms with Gasteiger partial charge in [-0.05, 0) is 83.5 Å². The van der Waals surface area contributed by atoms with Gasteiger partial charge in [-0.15, -0.1) is 0 Å². The maximum Gasteiger partial charge on any atom is 0.472 e. The Balaban J connectivity index is 5.31. The number of aliphatic hydroxyl groups excluding tert-OH is 1. The molecule has 0 fully saturated rings. The molecule has 19 heteroatoms. The van der Waals surface area contributed by atoms with Crippen LogP contribution < -0.4 is 0 Å². The summed E-state index contributed by atoms with van der Waals surface area (Å²) in [5, 5.41) is 10.6. The molecule has 17 nitrogen and oxygen atoms in total. The summed E-state index contributed by atoms with van der Waals surface area (Å²) in [6, 6.07) is 0. The van der Waals surface area contributed by atoms with Crippen LogP contribution in [0.5, 0.6) is 0 Å². The minimum atomic E-state index is -4.97. The zero-order valence-corrected chi connectivity index (χ0v) is 64.8. The van der Waals surface area contributed by atoms with Crippen molar-refractivity contribution < 1.29 is 80.2 Å². The second kappa shape index (κ2) is 72.6. The normalized spacial score (nSPS) is 14.1. The van der Waals surface area contributed by atoms with Gasteiger partial charge in [0.05, 0.1) is 26.4 Å². The number of carbonyl (C=O) groups is 4. The Morgan fingerprint density at radius 1 is 0.286 bits per heavy atom. The van der Waals surface area contributed by atoms with E-state index < -0.39 is 97.5 Å². The summed E-state index contributed by atoms with van der Waals surface area (Å²) in [5.74, 6) is -2.15. The predicted octanol–water partition coefficient (Wildman–Crippen LogP) is 23.1. The molecule has 0 aliphatic carbocycles. The molecule has 0 aromatic heterocycles. The summed E-state index contributed by atoms with van der Waals surface area (Å²) in [6.45, 7) is 4.91. The van der Waals surface area contributed by atoms with Crippen LogP contribution in [0.3, 0.4) is 0 Å². The topological polar surface area (TPSA) is 237 Å². The van der Waals surface area contributed by atoms with Crippen LogP contribution >= 0.6 is 15.6 Å². The van der Waals surface area contributed by atoms with Crippen LogP contribution in [0.4, 0.5) is 0 Å². The number of unbranched alkanes of at least 4 members (excludes halogenated alkanes) is 45. The zero-order valence-electron chi connectivity index (χ0n) is 63.0. The monoisotopic (exact) mass is 1430 g/mol. The number of phosphoric acid groups is 2. The molecule has 0 aromatic rings. The van der Waals surface area contributed by atoms with Crippen molar-refractivity contribution in [1.29, 1.82) is 0 Å². The van der Waals surface area contributed by atoms with Gasteiger partial charge in [-0.1, -0.05) is 315 Å². The first-order valence-corrected chi connectivity index (χ1v) is 43.2. The molecule has 0 saturated carbocycles. The number of esters is 4. The molecule has 0 aliphatic rings. The number of carbonyl (C=O) groups excluding carboxylic acids is 4. The van der Waals surface area contributed by atoms with Gasteiger partial charge in [-0.2, -0.15) is 0 Å². The minimum absolute atomic E-state index is 0.0877. The van der Waals surface area contributed by atoms with Crippen LogP contribution in [0.2, 0.25) is 0 Å². The van der Waals surface area contributed by atoms with Crippen molar-refractivity contribution in [3.05, 3.63) is 36.5 Å². The Morgan fingerprint density at radius 2 is 0.500 bits per heavy atom. The highest BCUT2D eigenvalue weighted by Crippen LogP contribution is 2.45. The van der Waals surface area contributed by atoms with Gasteiger partial charge < -0.3 is 33.8 Å². The minimum Gasteiger partial charge on any atom is -0.462 e. The van der Waals surface area contributed by atoms with E-state index in [-0.39, 0.29) is 25.7 Å². The van der Waals surface area contributed by atoms with Gasteiger partial charge in [0.1, 0.15) is 19.3 Å². The van der Waals surface area contributed by atoms with E-state index in [0.717, 1.165) is 128 Å². The average molecular weight is 1430 g/mol. The molecule has 0 rings (SSSR count). The molecule has 0 aliphatic heterocycles. The molecule has 0 spiro atoms. The van der Waals surface area contributed by atoms with Crippen LogP contribution in [0, 0.1) is 0 Å². The quantitative estimate of drug-likeness (QED) is 0.0169. The molecular formula is C79H148O17P2. The van der Waals surface area contributed by atoms with E-state index in [9.17, 15) is 43.2 Å². The lowest BCUT2D eigenvalue weighted by Gasteiger charge is -2.21. The highest BCUT2D eigenvalue weighted by molar-refractivity contribution is 7.47. The predicted molar refractivity (Wildman–Crippen MR) is 400 cm³/mol. The van der Waals surface area contributed by atoms with Gasteiger partial charge in [0.15, 0.2) is 12.2 Å². The number of rotatable bonds is 77. The molecule has 5 atom stereocenters. The van der Waals surface area contributed by atoms with Gasteiger partial charge >= 0.3 is 39.5 Å². The van der Waals surface area contributed by atoms with E-state index in [4.69, 9.17) is 37.0 Å². The summed E-state index contributed by atoms with van der Waals surface area (Å²) in [7, 11) is -9.93. The smallest absolute Gasteiger partial charge is 0.462 e. The summed E-state index contributed by atoms with van der Waals surface area (Å²) in [6.07, 6.45) is 68.3. The summed E-state index contributed by atoms with van der Waals surface area (Å²) < 4.78 is 68.6. The van der Waals surface area contributed by atoms with E-state index in [1.165, 1.54) is 180 Å². The van der Waals surface area contributed by atoms with E-state index >= 15 is 0 Å². The lowest BCUT2D eigenvalue weighted by molar-refractivity contribution is -0.161. The summed E-state index contributed by atoms with van der Waals surface area (Å²) in [4.78, 5) is 72.9. The Kier molecular flexibility index (Phi) is 70.6. The third-order valence-electron chi connectivity index (χ3n) is 17.6. The second-order valence-corrected chi connectivity index (χ2v) is 30.3. The van der Waals surface area contributed by atoms with Crippen LogP contribution in [0.1, 0.15) is 387 Å². The molecule has 576 valence electrons. The lowest BCUT2D eigenvalue weighted by atomic mass is 10.0. The SMILES string of the molecule is CCCCC/C=C\C/C=C\CCCCCCCC(=O)OCC(COP(=O)(O)OCC(O)COP(=O)(O)OCC(COC(=O)CCCCCCCCCCCCCCCCC)OC(=O)CCCCCCCCCCCCCCCCC)OC(=O)CCCCCCC/C=C\CCCCCC. The van der Waals surface area contributed by atoms with Crippen LogP contribution in [0.15, 0.2) is 36.5 Å². The van der Waals surface area contributed by atoms with Crippen molar-refractivity contribution in [3.8, 4) is 0 Å². The summed E-state index contributed by atoms with van der Waals surface area (Å²) >= 11 is 0. The Bertz CT molecular complexity index is 2000. The van der Waals surface area contributed by atoms with E-state index in [1.54, 1.807) is 0 Å². The molecule has 0 heterocycles. The van der Waals surface area contributed by atoms with Crippen LogP contribution in [-0.2, 0) is 65.4 Å². The van der Waals surface area contributed by atoms with E-state index in [0.29, 0.717) is 25.7 Å². The molecule has 0 radical (unpaired) electrons. The van der Waals surface area contributed by atoms with Crippen molar-refractivity contribution >= 4 is 39.5 Å². The van der Waals surface area contributed by atoms with Gasteiger partial charge in [0.2, 0.25) is 0 Å². The van der Waals surface area contributed by atoms with Crippen LogP contribution in [0.25, 0.3) is 0 Å². The van der Waals surface area contributed by atoms with Crippen molar-refractivity contribution in [3.63, 3.8) is 0 Å². The third kappa shape index (κ3) is 71.7. The van der Waals surface area contributed by atoms with Crippen molar-refractivity contribution in [2.45, 2.75) is 406 Å². The molecule has 98 heavy (non-hydrogen) atoms. The second-order valence-electron chi connectivity index (χ2n) is 27.4. The fourth-order valence-corrected chi connectivity index (χ4v) is 13.0. The molecule has 0 aromatic carbocycles. The Labute approximate surface area is 598 Å². The number of phosphoric ester groups is 2. The first-order valence-electron chi connectivity index (χ1n) is 40.2. The van der Waals surface area contributed by atoms with Gasteiger partial charge in [-0.3, -0.25) is 37.3 Å². The van der Waals surface area contributed by atoms with Gasteiger partial charge in [0.25, 0.3) is 0 Å². The van der Waals surface area contributed by atoms with Gasteiger partial charge in [0, 0.05) is 25.7 Å². The number of allylic oxidation sites excluding steroid dienone is 6. The number of aliphatic hydroxyl groups is 1. The van der Waals surface area contributed by atoms with E-state index in [2.05, 4.69) is 64.2 Å². The molecular weight excluding hydrogens is 1280 g/mol. The number of hydrogen-bond donors (Lipinski definition) is 3. The third-order valence-corrected chi connectivity index (χ3v) is 19.5. The number of hydrogen-bond acceptors (Lipinski definition) is 15. The van der Waals surface area contributed by atoms with Gasteiger partial charge in [-0.25, -0.2) is 9.13 Å². The first-order chi connectivity index (χ1) is 47.7. The molecule has 5 unspecified atom stereocenters. The maximum atomic E-state index is 13.1. The first kappa shape index (κ1) is 95.3. The maximum absolute atomic E-state index is 13.1. The largest absolute Gasteiger partial charge is 0.472 e. The van der Waals surface area contributed by atoms with Crippen LogP contribution in [-0.4, -0.2) is 96.7 Å². The highest BCUT2D eigenvalue weighted by Gasteiger charge is 2.30. The molecule has 0 bridgehead atoms. The number of ether oxygens (including phenoxy) is 4. The van der Waals surface area contributed by atoms with E-state index in [1.807, 2.05) is 0 Å². The van der Waals surface area contributed by atoms with Crippen molar-refractivity contribution in [1.82, 2.24) is 0 Å². The highest BCUT2D eigenvalue weighted by atomic mass is 31.2. The molecule has 0 saturated heterocycles. The lowest BCUT2D eigenvalue weighted by Crippen LogP contribution is -2.30. The standard InChI is InChI=1S/C79H148O17P2/c1-5-9-13-17-21-25-29-33-36-40-43-47-51-55-59-63-76(81)89-69-74(95-78(83)65-61-57-53-49-45-39-32-28-24-20-16-12-8-4)71-93-97(85,86)91-67-73(80)68-92-98(87,88)94-72-75(96-79(84)66-62-58-54-50-46-42-38-35-31-27-23-19-15-11-7-3)70-90-77(82)64-60-56-52-48-44-41-37-34-30-26-22-18-14-10-6-2/h21,25,28,32-33,36,73-75,80H,5-20,22-24,26-27,29-31,34-35,37-72H2,1-4H3,(H,85,86)(H,87,88)/b25-21-,32-28-,36-33-. The summed E-state index contributed by atoms with van der Waals surface area (Å²) in [5.41, 5.74) is 0. The Morgan fingerprint density at radius 3 is 0.796 bits per heavy atom. The molecule has 3 N–H and O–H groups in total. The average Bonchev–Trinajstić information content (AvgIpc) is 0.959. The van der Waals surface area contributed by atoms with Crippen molar-refractivity contribution in [2.75, 3.05) is 39.6 Å². The zero-order chi connectivity index (χ0) is 71.8. The fourth-order valence-electron chi connectivity index (χ4n) is 11.4.